The van der Waals surface area contributed by atoms with E-state index in [2.05, 4.69) is 50.0 Å². The molecule has 1 aromatic rings. The Bertz CT molecular complexity index is 435. The molecule has 1 aliphatic heterocycles. The molecule has 0 spiro atoms. The zero-order chi connectivity index (χ0) is 15.4. The Morgan fingerprint density at radius 1 is 1.38 bits per heavy atom. The van der Waals surface area contributed by atoms with Gasteiger partial charge in [0.05, 0.1) is 5.69 Å². The van der Waals surface area contributed by atoms with Gasteiger partial charge in [-0.1, -0.05) is 6.92 Å². The number of rotatable bonds is 6. The average molecular weight is 311 g/mol. The Labute approximate surface area is 133 Å². The lowest BCUT2D eigenvalue weighted by Crippen LogP contribution is -2.41. The average Bonchev–Trinajstić information content (AvgIpc) is 2.87. The maximum atomic E-state index is 4.82. The zero-order valence-electron chi connectivity index (χ0n) is 14.1. The number of piperidine rings is 1. The number of aryl methyl sites for hydroxylation is 1. The van der Waals surface area contributed by atoms with Crippen LogP contribution in [0.1, 0.15) is 49.7 Å². The summed E-state index contributed by atoms with van der Waals surface area (Å²) in [7, 11) is 4.38. The van der Waals surface area contributed by atoms with Gasteiger partial charge in [-0.3, -0.25) is 0 Å². The van der Waals surface area contributed by atoms with Gasteiger partial charge in [-0.15, -0.1) is 11.3 Å². The summed E-state index contributed by atoms with van der Waals surface area (Å²) in [6.07, 6.45) is 3.66. The molecule has 1 atom stereocenters. The second kappa shape index (κ2) is 7.56. The van der Waals surface area contributed by atoms with E-state index in [0.717, 1.165) is 25.7 Å². The van der Waals surface area contributed by atoms with Crippen LogP contribution in [0.2, 0.25) is 0 Å². The van der Waals surface area contributed by atoms with Crippen LogP contribution in [-0.4, -0.2) is 49.7 Å². The predicted molar refractivity (Wildman–Crippen MR) is 92.5 cm³/mol. The predicted octanol–water partition coefficient (Wildman–Crippen LogP) is 3.04. The molecule has 1 aliphatic rings. The van der Waals surface area contributed by atoms with Gasteiger partial charge < -0.3 is 15.1 Å². The first-order valence-corrected chi connectivity index (χ1v) is 8.96. The van der Waals surface area contributed by atoms with Crippen LogP contribution in [0.25, 0.3) is 0 Å². The van der Waals surface area contributed by atoms with Crippen LogP contribution in [0.5, 0.6) is 0 Å². The second-order valence-corrected chi connectivity index (χ2v) is 7.31. The molecule has 0 radical (unpaired) electrons. The fourth-order valence-electron chi connectivity index (χ4n) is 2.96. The fraction of sp³-hybridized carbons (Fsp3) is 0.812. The second-order valence-electron chi connectivity index (χ2n) is 6.30. The first-order chi connectivity index (χ1) is 10.0. The van der Waals surface area contributed by atoms with Crippen molar-refractivity contribution in [2.45, 2.75) is 52.1 Å². The molecular formula is C16H30N4S. The Hall–Kier alpha value is -0.650. The fourth-order valence-corrected chi connectivity index (χ4v) is 4.10. The number of aromatic nitrogens is 1. The maximum absolute atomic E-state index is 4.82. The summed E-state index contributed by atoms with van der Waals surface area (Å²) >= 11 is 1.87. The Morgan fingerprint density at radius 2 is 2.05 bits per heavy atom. The van der Waals surface area contributed by atoms with Gasteiger partial charge in [0.25, 0.3) is 0 Å². The standard InChI is InChI=1S/C16H30N4S/c1-6-9-17-12(2)15-13(3)18-16(21-15)20-10-7-14(8-11-20)19(4)5/h12,14,17H,6-11H2,1-5H3. The van der Waals surface area contributed by atoms with E-state index in [4.69, 9.17) is 4.98 Å². The summed E-state index contributed by atoms with van der Waals surface area (Å²) in [5.41, 5.74) is 1.20. The van der Waals surface area contributed by atoms with Crippen LogP contribution in [0.3, 0.4) is 0 Å². The van der Waals surface area contributed by atoms with E-state index < -0.39 is 0 Å². The molecule has 0 aromatic carbocycles. The molecule has 4 nitrogen and oxygen atoms in total. The van der Waals surface area contributed by atoms with E-state index in [-0.39, 0.29) is 0 Å². The molecule has 0 bridgehead atoms. The molecule has 1 N–H and O–H groups in total. The third-order valence-corrected chi connectivity index (χ3v) is 5.78. The summed E-state index contributed by atoms with van der Waals surface area (Å²) in [5.74, 6) is 0. The summed E-state index contributed by atoms with van der Waals surface area (Å²) in [4.78, 5) is 11.0. The SMILES string of the molecule is CCCNC(C)c1sc(N2CCC(N(C)C)CC2)nc1C. The van der Waals surface area contributed by atoms with E-state index in [0.29, 0.717) is 6.04 Å². The van der Waals surface area contributed by atoms with Crippen molar-refractivity contribution < 1.29 is 0 Å². The minimum absolute atomic E-state index is 0.413. The van der Waals surface area contributed by atoms with Crippen molar-refractivity contribution in [3.8, 4) is 0 Å². The molecule has 0 aliphatic carbocycles. The highest BCUT2D eigenvalue weighted by Crippen LogP contribution is 2.32. The molecule has 0 amide bonds. The van der Waals surface area contributed by atoms with E-state index in [9.17, 15) is 0 Å². The van der Waals surface area contributed by atoms with Gasteiger partial charge in [0.15, 0.2) is 5.13 Å². The van der Waals surface area contributed by atoms with Crippen molar-refractivity contribution in [1.82, 2.24) is 15.2 Å². The first-order valence-electron chi connectivity index (χ1n) is 8.15. The van der Waals surface area contributed by atoms with Crippen LogP contribution >= 0.6 is 11.3 Å². The Balaban J connectivity index is 1.99. The molecule has 1 fully saturated rings. The van der Waals surface area contributed by atoms with Gasteiger partial charge in [-0.2, -0.15) is 0 Å². The van der Waals surface area contributed by atoms with Crippen molar-refractivity contribution in [2.75, 3.05) is 38.6 Å². The largest absolute Gasteiger partial charge is 0.348 e. The highest BCUT2D eigenvalue weighted by molar-refractivity contribution is 7.15. The molecule has 5 heteroatoms. The lowest BCUT2D eigenvalue weighted by Gasteiger charge is -2.35. The van der Waals surface area contributed by atoms with Gasteiger partial charge in [0.2, 0.25) is 0 Å². The number of hydrogen-bond donors (Lipinski definition) is 1. The number of hydrogen-bond acceptors (Lipinski definition) is 5. The van der Waals surface area contributed by atoms with Crippen LogP contribution in [0, 0.1) is 6.92 Å². The molecular weight excluding hydrogens is 280 g/mol. The topological polar surface area (TPSA) is 31.4 Å². The van der Waals surface area contributed by atoms with Crippen LogP contribution < -0.4 is 10.2 Å². The number of nitrogens with one attached hydrogen (secondary N) is 1. The van der Waals surface area contributed by atoms with Crippen molar-refractivity contribution in [3.63, 3.8) is 0 Å². The molecule has 2 heterocycles. The first kappa shape index (κ1) is 16.7. The number of anilines is 1. The van der Waals surface area contributed by atoms with E-state index in [1.165, 1.54) is 35.0 Å². The van der Waals surface area contributed by atoms with Gasteiger partial charge in [0.1, 0.15) is 0 Å². The smallest absolute Gasteiger partial charge is 0.185 e. The molecule has 0 saturated carbocycles. The monoisotopic (exact) mass is 310 g/mol. The van der Waals surface area contributed by atoms with E-state index in [1.807, 2.05) is 11.3 Å². The van der Waals surface area contributed by atoms with Crippen molar-refractivity contribution in [3.05, 3.63) is 10.6 Å². The lowest BCUT2D eigenvalue weighted by atomic mass is 10.0. The lowest BCUT2D eigenvalue weighted by molar-refractivity contribution is 0.249. The highest BCUT2D eigenvalue weighted by Gasteiger charge is 2.24. The molecule has 1 unspecified atom stereocenters. The van der Waals surface area contributed by atoms with Gasteiger partial charge in [0, 0.05) is 30.1 Å². The van der Waals surface area contributed by atoms with Gasteiger partial charge in [-0.25, -0.2) is 4.98 Å². The summed E-state index contributed by atoms with van der Waals surface area (Å²) in [5, 5.41) is 4.79. The van der Waals surface area contributed by atoms with Crippen LogP contribution in [-0.2, 0) is 0 Å². The van der Waals surface area contributed by atoms with Crippen LogP contribution in [0.15, 0.2) is 0 Å². The third-order valence-electron chi connectivity index (χ3n) is 4.38. The molecule has 1 saturated heterocycles. The number of thiazole rings is 1. The summed E-state index contributed by atoms with van der Waals surface area (Å²) in [6.45, 7) is 9.93. The molecule has 2 rings (SSSR count). The molecule has 21 heavy (non-hydrogen) atoms. The molecule has 120 valence electrons. The maximum Gasteiger partial charge on any atom is 0.185 e. The van der Waals surface area contributed by atoms with Crippen molar-refractivity contribution in [1.29, 1.82) is 0 Å². The zero-order valence-corrected chi connectivity index (χ0v) is 15.0. The Morgan fingerprint density at radius 3 is 2.62 bits per heavy atom. The van der Waals surface area contributed by atoms with E-state index >= 15 is 0 Å². The van der Waals surface area contributed by atoms with Crippen molar-refractivity contribution >= 4 is 16.5 Å². The quantitative estimate of drug-likeness (QED) is 0.875. The third kappa shape index (κ3) is 4.18. The van der Waals surface area contributed by atoms with Gasteiger partial charge >= 0.3 is 0 Å². The van der Waals surface area contributed by atoms with Crippen molar-refractivity contribution in [2.24, 2.45) is 0 Å². The normalized spacial score (nSPS) is 18.5. The summed E-state index contributed by atoms with van der Waals surface area (Å²) in [6, 6.07) is 1.14. The number of nitrogens with zero attached hydrogens (tertiary/aromatic N) is 3. The van der Waals surface area contributed by atoms with Crippen LogP contribution in [0.4, 0.5) is 5.13 Å². The minimum atomic E-state index is 0.413. The Kier molecular flexibility index (Phi) is 6.02. The van der Waals surface area contributed by atoms with Gasteiger partial charge in [-0.05, 0) is 53.8 Å². The summed E-state index contributed by atoms with van der Waals surface area (Å²) < 4.78 is 0. The van der Waals surface area contributed by atoms with E-state index in [1.54, 1.807) is 0 Å². The minimum Gasteiger partial charge on any atom is -0.348 e. The highest BCUT2D eigenvalue weighted by atomic mass is 32.1. The molecule has 1 aromatic heterocycles.